The van der Waals surface area contributed by atoms with Crippen molar-refractivity contribution in [1.82, 2.24) is 5.43 Å². The number of aryl methyl sites for hydroxylation is 1. The van der Waals surface area contributed by atoms with Gasteiger partial charge in [0, 0.05) is 16.3 Å². The van der Waals surface area contributed by atoms with Crippen LogP contribution < -0.4 is 21.2 Å². The van der Waals surface area contributed by atoms with Crippen LogP contribution in [0.2, 0.25) is 5.02 Å². The number of rotatable bonds is 6. The van der Waals surface area contributed by atoms with E-state index in [-0.39, 0.29) is 6.61 Å². The van der Waals surface area contributed by atoms with Crippen LogP contribution in [0.1, 0.15) is 16.7 Å². The highest BCUT2D eigenvalue weighted by molar-refractivity contribution is 6.39. The van der Waals surface area contributed by atoms with E-state index in [0.717, 1.165) is 11.1 Å². The summed E-state index contributed by atoms with van der Waals surface area (Å²) in [6.07, 6.45) is 1.24. The number of ether oxygens (including phenoxy) is 1. The molecule has 0 aliphatic heterocycles. The number of anilines is 1. The molecule has 0 aliphatic rings. The second-order valence-corrected chi connectivity index (χ2v) is 6.27. The molecule has 0 spiro atoms. The minimum atomic E-state index is -0.946. The predicted molar refractivity (Wildman–Crippen MR) is 106 cm³/mol. The van der Waals surface area contributed by atoms with Crippen molar-refractivity contribution in [3.8, 4) is 5.75 Å². The fourth-order valence-corrected chi connectivity index (χ4v) is 2.36. The number of benzene rings is 2. The van der Waals surface area contributed by atoms with Gasteiger partial charge in [-0.2, -0.15) is 5.10 Å². The molecule has 0 saturated heterocycles. The van der Waals surface area contributed by atoms with Gasteiger partial charge in [-0.3, -0.25) is 14.4 Å². The zero-order chi connectivity index (χ0) is 20.7. The molecule has 0 saturated carbocycles. The van der Waals surface area contributed by atoms with Crippen molar-refractivity contribution < 1.29 is 19.1 Å². The van der Waals surface area contributed by atoms with Crippen LogP contribution in [-0.2, 0) is 14.4 Å². The second kappa shape index (κ2) is 9.52. The first-order chi connectivity index (χ1) is 13.3. The molecule has 0 heterocycles. The van der Waals surface area contributed by atoms with Gasteiger partial charge in [0.2, 0.25) is 0 Å². The van der Waals surface area contributed by atoms with Crippen molar-refractivity contribution in [3.05, 3.63) is 58.1 Å². The summed E-state index contributed by atoms with van der Waals surface area (Å²) in [6, 6.07) is 9.99. The summed E-state index contributed by atoms with van der Waals surface area (Å²) in [5, 5.41) is 6.66. The Morgan fingerprint density at radius 2 is 1.93 bits per heavy atom. The Morgan fingerprint density at radius 1 is 1.18 bits per heavy atom. The third-order valence-corrected chi connectivity index (χ3v) is 4.01. The Bertz CT molecular complexity index is 944. The number of nitrogens with one attached hydrogen (secondary N) is 2. The topological polar surface area (TPSA) is 123 Å². The normalized spacial score (nSPS) is 10.5. The predicted octanol–water partition coefficient (Wildman–Crippen LogP) is 1.91. The monoisotopic (exact) mass is 402 g/mol. The van der Waals surface area contributed by atoms with Crippen molar-refractivity contribution in [2.45, 2.75) is 13.8 Å². The summed E-state index contributed by atoms with van der Waals surface area (Å²) in [5.74, 6) is -2.16. The zero-order valence-electron chi connectivity index (χ0n) is 15.3. The van der Waals surface area contributed by atoms with E-state index in [9.17, 15) is 14.4 Å². The highest BCUT2D eigenvalue weighted by Crippen LogP contribution is 2.21. The van der Waals surface area contributed by atoms with E-state index in [1.54, 1.807) is 18.2 Å². The lowest BCUT2D eigenvalue weighted by Crippen LogP contribution is -2.32. The maximum Gasteiger partial charge on any atom is 0.329 e. The Kier molecular flexibility index (Phi) is 7.11. The molecule has 2 aromatic carbocycles. The average Bonchev–Trinajstić information content (AvgIpc) is 2.64. The maximum absolute atomic E-state index is 12.0. The van der Waals surface area contributed by atoms with Crippen molar-refractivity contribution >= 4 is 41.2 Å². The van der Waals surface area contributed by atoms with Crippen LogP contribution in [0.15, 0.2) is 41.5 Å². The molecule has 0 fully saturated rings. The minimum absolute atomic E-state index is 0.293. The van der Waals surface area contributed by atoms with E-state index < -0.39 is 17.7 Å². The van der Waals surface area contributed by atoms with E-state index in [1.165, 1.54) is 18.3 Å². The van der Waals surface area contributed by atoms with E-state index in [4.69, 9.17) is 22.1 Å². The number of primary amides is 1. The molecule has 28 heavy (non-hydrogen) atoms. The van der Waals surface area contributed by atoms with Crippen molar-refractivity contribution in [2.24, 2.45) is 10.8 Å². The summed E-state index contributed by atoms with van der Waals surface area (Å²) < 4.78 is 5.25. The number of nitrogens with zero attached hydrogens (tertiary/aromatic N) is 1. The molecule has 0 bridgehead atoms. The smallest absolute Gasteiger partial charge is 0.329 e. The standard InChI is InChI=1S/C19H19ClN4O4/c1-11-4-3-5-15(12(11)2)23-18(26)19(27)24-22-9-13-8-14(20)6-7-16(13)28-10-17(21)25/h3-9H,10H2,1-2H3,(H2,21,25)(H,23,26)(H,24,27)/b22-9-. The molecule has 4 N–H and O–H groups in total. The summed E-state index contributed by atoms with van der Waals surface area (Å²) in [6.45, 7) is 3.42. The first-order valence-electron chi connectivity index (χ1n) is 8.19. The lowest BCUT2D eigenvalue weighted by molar-refractivity contribution is -0.136. The number of carbonyl (C=O) groups is 3. The molecule has 2 rings (SSSR count). The highest BCUT2D eigenvalue weighted by atomic mass is 35.5. The van der Waals surface area contributed by atoms with Crippen LogP contribution >= 0.6 is 11.6 Å². The van der Waals surface area contributed by atoms with E-state index >= 15 is 0 Å². The third-order valence-electron chi connectivity index (χ3n) is 3.77. The molecule has 146 valence electrons. The second-order valence-electron chi connectivity index (χ2n) is 5.84. The van der Waals surface area contributed by atoms with E-state index in [2.05, 4.69) is 15.8 Å². The quantitative estimate of drug-likeness (QED) is 0.388. The van der Waals surface area contributed by atoms with Gasteiger partial charge in [0.25, 0.3) is 5.91 Å². The van der Waals surface area contributed by atoms with Gasteiger partial charge in [0.15, 0.2) is 6.61 Å². The molecule has 0 unspecified atom stereocenters. The fraction of sp³-hybridized carbons (Fsp3) is 0.158. The molecule has 2 aromatic rings. The maximum atomic E-state index is 12.0. The lowest BCUT2D eigenvalue weighted by Gasteiger charge is -2.09. The van der Waals surface area contributed by atoms with Crippen LogP contribution in [0.25, 0.3) is 0 Å². The summed E-state index contributed by atoms with van der Waals surface area (Å²) in [5.41, 5.74) is 9.96. The molecular weight excluding hydrogens is 384 g/mol. The molecule has 0 atom stereocenters. The van der Waals surface area contributed by atoms with Crippen molar-refractivity contribution in [3.63, 3.8) is 0 Å². The number of nitrogens with two attached hydrogens (primary N) is 1. The van der Waals surface area contributed by atoms with Gasteiger partial charge < -0.3 is 15.8 Å². The van der Waals surface area contributed by atoms with Crippen LogP contribution in [-0.4, -0.2) is 30.5 Å². The Labute approximate surface area is 166 Å². The number of hydrogen-bond acceptors (Lipinski definition) is 5. The van der Waals surface area contributed by atoms with Gasteiger partial charge in [0.05, 0.1) is 6.21 Å². The fourth-order valence-electron chi connectivity index (χ4n) is 2.18. The summed E-state index contributed by atoms with van der Waals surface area (Å²) in [4.78, 5) is 34.8. The number of halogens is 1. The number of hydrogen-bond donors (Lipinski definition) is 3. The van der Waals surface area contributed by atoms with Crippen LogP contribution in [0.4, 0.5) is 5.69 Å². The Morgan fingerprint density at radius 3 is 2.64 bits per heavy atom. The lowest BCUT2D eigenvalue weighted by atomic mass is 10.1. The van der Waals surface area contributed by atoms with Crippen LogP contribution in [0.5, 0.6) is 5.75 Å². The molecular formula is C19H19ClN4O4. The molecule has 8 nitrogen and oxygen atoms in total. The number of carbonyl (C=O) groups excluding carboxylic acids is 3. The largest absolute Gasteiger partial charge is 0.483 e. The SMILES string of the molecule is Cc1cccc(NC(=O)C(=O)N/N=C\c2cc(Cl)ccc2OCC(N)=O)c1C. The van der Waals surface area contributed by atoms with Gasteiger partial charge in [0.1, 0.15) is 5.75 Å². The molecule has 3 amide bonds. The summed E-state index contributed by atoms with van der Waals surface area (Å²) >= 11 is 5.93. The van der Waals surface area contributed by atoms with Gasteiger partial charge in [-0.05, 0) is 49.2 Å². The number of amides is 3. The van der Waals surface area contributed by atoms with Crippen LogP contribution in [0, 0.1) is 13.8 Å². The van der Waals surface area contributed by atoms with Gasteiger partial charge in [-0.15, -0.1) is 0 Å². The molecule has 9 heteroatoms. The summed E-state index contributed by atoms with van der Waals surface area (Å²) in [7, 11) is 0. The molecule has 0 radical (unpaired) electrons. The number of hydrazone groups is 1. The molecule has 0 aliphatic carbocycles. The Balaban J connectivity index is 2.02. The first kappa shape index (κ1) is 20.9. The highest BCUT2D eigenvalue weighted by Gasteiger charge is 2.14. The van der Waals surface area contributed by atoms with Gasteiger partial charge >= 0.3 is 11.8 Å². The van der Waals surface area contributed by atoms with Crippen molar-refractivity contribution in [2.75, 3.05) is 11.9 Å². The zero-order valence-corrected chi connectivity index (χ0v) is 16.0. The van der Waals surface area contributed by atoms with Crippen LogP contribution in [0.3, 0.4) is 0 Å². The first-order valence-corrected chi connectivity index (χ1v) is 8.57. The molecule has 0 aromatic heterocycles. The average molecular weight is 403 g/mol. The van der Waals surface area contributed by atoms with E-state index in [1.807, 2.05) is 19.9 Å². The van der Waals surface area contributed by atoms with Gasteiger partial charge in [-0.25, -0.2) is 5.43 Å². The van der Waals surface area contributed by atoms with Crippen molar-refractivity contribution in [1.29, 1.82) is 0 Å². The Hall–Kier alpha value is -3.39. The third kappa shape index (κ3) is 5.82. The minimum Gasteiger partial charge on any atom is -0.483 e. The van der Waals surface area contributed by atoms with E-state index in [0.29, 0.717) is 22.0 Å². The van der Waals surface area contributed by atoms with Gasteiger partial charge in [-0.1, -0.05) is 23.7 Å².